The van der Waals surface area contributed by atoms with Crippen molar-refractivity contribution in [3.8, 4) is 0 Å². The predicted molar refractivity (Wildman–Crippen MR) is 39.9 cm³/mol. The highest BCUT2D eigenvalue weighted by atomic mass is 32.2. The Morgan fingerprint density at radius 2 is 2.38 bits per heavy atom. The van der Waals surface area contributed by atoms with Crippen LogP contribution in [-0.4, -0.2) is 21.0 Å². The molecule has 3 heteroatoms. The van der Waals surface area contributed by atoms with E-state index in [1.54, 1.807) is 0 Å². The van der Waals surface area contributed by atoms with Crippen LogP contribution in [0.2, 0.25) is 0 Å². The fourth-order valence-electron chi connectivity index (χ4n) is 0.861. The third-order valence-electron chi connectivity index (χ3n) is 1.29. The third kappa shape index (κ3) is 1.78. The van der Waals surface area contributed by atoms with E-state index < -0.39 is 10.8 Å². The van der Waals surface area contributed by atoms with E-state index in [4.69, 9.17) is 0 Å². The van der Waals surface area contributed by atoms with Crippen LogP contribution in [0.3, 0.4) is 0 Å². The van der Waals surface area contributed by atoms with Crippen molar-refractivity contribution < 1.29 is 4.21 Å². The lowest BCUT2D eigenvalue weighted by Gasteiger charge is -2.14. The van der Waals surface area contributed by atoms with E-state index in [0.717, 1.165) is 24.3 Å². The van der Waals surface area contributed by atoms with Gasteiger partial charge >= 0.3 is 0 Å². The summed E-state index contributed by atoms with van der Waals surface area (Å²) in [6, 6.07) is 0. The van der Waals surface area contributed by atoms with Crippen LogP contribution in [0.25, 0.3) is 0 Å². The van der Waals surface area contributed by atoms with Crippen LogP contribution in [0.4, 0.5) is 0 Å². The molecule has 1 saturated heterocycles. The summed E-state index contributed by atoms with van der Waals surface area (Å²) in [7, 11) is -0.547. The molecule has 0 aromatic carbocycles. The summed E-state index contributed by atoms with van der Waals surface area (Å²) in [6.45, 7) is 0. The zero-order valence-corrected chi connectivity index (χ0v) is 6.38. The number of rotatable bonds is 0. The molecule has 2 atom stereocenters. The number of hydrogen-bond acceptors (Lipinski definition) is 2. The van der Waals surface area contributed by atoms with Crippen molar-refractivity contribution >= 4 is 23.4 Å². The van der Waals surface area contributed by atoms with Gasteiger partial charge in [-0.15, -0.1) is 0 Å². The van der Waals surface area contributed by atoms with Gasteiger partial charge in [-0.2, -0.15) is 12.6 Å². The highest BCUT2D eigenvalue weighted by Crippen LogP contribution is 2.12. The summed E-state index contributed by atoms with van der Waals surface area (Å²) >= 11 is 4.23. The van der Waals surface area contributed by atoms with Gasteiger partial charge in [0.25, 0.3) is 0 Å². The Morgan fingerprint density at radius 1 is 1.62 bits per heavy atom. The fraction of sp³-hybridized carbons (Fsp3) is 1.00. The van der Waals surface area contributed by atoms with Crippen molar-refractivity contribution in [1.82, 2.24) is 0 Å². The highest BCUT2D eigenvalue weighted by Gasteiger charge is 2.13. The van der Waals surface area contributed by atoms with Crippen LogP contribution in [0.5, 0.6) is 0 Å². The Bertz CT molecular complexity index is 103. The van der Waals surface area contributed by atoms with Crippen LogP contribution in [0.15, 0.2) is 0 Å². The quantitative estimate of drug-likeness (QED) is 0.506. The molecular formula is C5H10OS2. The van der Waals surface area contributed by atoms with Gasteiger partial charge in [-0.25, -0.2) is 0 Å². The summed E-state index contributed by atoms with van der Waals surface area (Å²) in [5, 5.41) is 0.407. The number of thiol groups is 1. The zero-order valence-electron chi connectivity index (χ0n) is 4.67. The molecule has 0 aliphatic carbocycles. The first kappa shape index (κ1) is 6.62. The van der Waals surface area contributed by atoms with Crippen LogP contribution in [0, 0.1) is 0 Å². The van der Waals surface area contributed by atoms with Gasteiger partial charge < -0.3 is 0 Å². The minimum atomic E-state index is -0.547. The number of hydrogen-bond donors (Lipinski definition) is 1. The topological polar surface area (TPSA) is 17.1 Å². The van der Waals surface area contributed by atoms with Gasteiger partial charge in [0.15, 0.2) is 0 Å². The van der Waals surface area contributed by atoms with E-state index in [1.807, 2.05) is 0 Å². The predicted octanol–water partition coefficient (Wildman–Crippen LogP) is 0.827. The minimum Gasteiger partial charge on any atom is -0.260 e. The molecule has 1 rings (SSSR count). The van der Waals surface area contributed by atoms with Crippen molar-refractivity contribution in [2.24, 2.45) is 0 Å². The lowest BCUT2D eigenvalue weighted by molar-refractivity contribution is 0.662. The van der Waals surface area contributed by atoms with Gasteiger partial charge in [-0.05, 0) is 12.8 Å². The third-order valence-corrected chi connectivity index (χ3v) is 3.49. The Balaban J connectivity index is 2.34. The van der Waals surface area contributed by atoms with E-state index in [2.05, 4.69) is 12.6 Å². The Hall–Kier alpha value is 0.500. The van der Waals surface area contributed by atoms with Crippen LogP contribution >= 0.6 is 12.6 Å². The average molecular weight is 150 g/mol. The minimum absolute atomic E-state index is 0.407. The molecule has 8 heavy (non-hydrogen) atoms. The maximum atomic E-state index is 10.7. The van der Waals surface area contributed by atoms with Crippen LogP contribution in [0.1, 0.15) is 12.8 Å². The molecule has 0 aromatic rings. The molecule has 1 fully saturated rings. The second-order valence-corrected chi connectivity index (χ2v) is 4.46. The maximum Gasteiger partial charge on any atom is 0.0351 e. The SMILES string of the molecule is O=S1CCCC(S)C1. The summed E-state index contributed by atoms with van der Waals surface area (Å²) in [5.41, 5.74) is 0. The molecule has 0 radical (unpaired) electrons. The average Bonchev–Trinajstić information content (AvgIpc) is 1.64. The molecular weight excluding hydrogens is 140 g/mol. The summed E-state index contributed by atoms with van der Waals surface area (Å²) in [6.07, 6.45) is 2.25. The Kier molecular flexibility index (Phi) is 2.38. The highest BCUT2D eigenvalue weighted by molar-refractivity contribution is 7.87. The Labute approximate surface area is 57.7 Å². The summed E-state index contributed by atoms with van der Waals surface area (Å²) < 4.78 is 10.7. The van der Waals surface area contributed by atoms with Crippen molar-refractivity contribution in [3.05, 3.63) is 0 Å². The molecule has 0 N–H and O–H groups in total. The molecule has 1 aliphatic heterocycles. The van der Waals surface area contributed by atoms with Gasteiger partial charge in [-0.1, -0.05) is 0 Å². The zero-order chi connectivity index (χ0) is 5.98. The van der Waals surface area contributed by atoms with Crippen LogP contribution in [-0.2, 0) is 10.8 Å². The molecule has 0 aromatic heterocycles. The fourth-order valence-corrected chi connectivity index (χ4v) is 2.79. The molecule has 48 valence electrons. The van der Waals surface area contributed by atoms with E-state index >= 15 is 0 Å². The molecule has 1 heterocycles. The van der Waals surface area contributed by atoms with Crippen molar-refractivity contribution in [1.29, 1.82) is 0 Å². The van der Waals surface area contributed by atoms with E-state index in [9.17, 15) is 4.21 Å². The molecule has 2 unspecified atom stereocenters. The Morgan fingerprint density at radius 3 is 2.75 bits per heavy atom. The van der Waals surface area contributed by atoms with Gasteiger partial charge in [0.2, 0.25) is 0 Å². The molecule has 1 aliphatic rings. The van der Waals surface area contributed by atoms with Gasteiger partial charge in [0, 0.05) is 27.6 Å². The second kappa shape index (κ2) is 2.87. The van der Waals surface area contributed by atoms with E-state index in [-0.39, 0.29) is 0 Å². The van der Waals surface area contributed by atoms with Crippen molar-refractivity contribution in [2.45, 2.75) is 18.1 Å². The molecule has 0 spiro atoms. The first-order chi connectivity index (χ1) is 3.79. The summed E-state index contributed by atoms with van der Waals surface area (Å²) in [4.78, 5) is 0. The standard InChI is InChI=1S/C5H10OS2/c6-8-3-1-2-5(7)4-8/h5,7H,1-4H2. The smallest absolute Gasteiger partial charge is 0.0351 e. The summed E-state index contributed by atoms with van der Waals surface area (Å²) in [5.74, 6) is 1.71. The first-order valence-electron chi connectivity index (χ1n) is 2.82. The van der Waals surface area contributed by atoms with Crippen molar-refractivity contribution in [3.63, 3.8) is 0 Å². The van der Waals surface area contributed by atoms with Crippen LogP contribution < -0.4 is 0 Å². The largest absolute Gasteiger partial charge is 0.260 e. The molecule has 1 nitrogen and oxygen atoms in total. The van der Waals surface area contributed by atoms with Gasteiger partial charge in [-0.3, -0.25) is 4.21 Å². The first-order valence-corrected chi connectivity index (χ1v) is 4.82. The monoisotopic (exact) mass is 150 g/mol. The lowest BCUT2D eigenvalue weighted by atomic mass is 10.3. The molecule has 0 amide bonds. The second-order valence-electron chi connectivity index (χ2n) is 2.11. The van der Waals surface area contributed by atoms with Gasteiger partial charge in [0.05, 0.1) is 0 Å². The van der Waals surface area contributed by atoms with Crippen molar-refractivity contribution in [2.75, 3.05) is 11.5 Å². The van der Waals surface area contributed by atoms with Gasteiger partial charge in [0.1, 0.15) is 0 Å². The lowest BCUT2D eigenvalue weighted by Crippen LogP contribution is -2.19. The molecule has 0 bridgehead atoms. The molecule has 0 saturated carbocycles. The normalized spacial score (nSPS) is 39.6. The van der Waals surface area contributed by atoms with E-state index in [0.29, 0.717) is 5.25 Å². The van der Waals surface area contributed by atoms with E-state index in [1.165, 1.54) is 0 Å². The maximum absolute atomic E-state index is 10.7.